The van der Waals surface area contributed by atoms with Crippen molar-refractivity contribution in [2.24, 2.45) is 0 Å². The van der Waals surface area contributed by atoms with Crippen LogP contribution in [0.25, 0.3) is 0 Å². The molecule has 1 unspecified atom stereocenters. The minimum atomic E-state index is -0.297. The molecule has 0 aliphatic carbocycles. The third kappa shape index (κ3) is 4.55. The lowest BCUT2D eigenvalue weighted by molar-refractivity contribution is -0.122. The van der Waals surface area contributed by atoms with Crippen LogP contribution in [0.3, 0.4) is 0 Å². The molecule has 1 amide bonds. The fourth-order valence-corrected chi connectivity index (χ4v) is 3.39. The molecule has 1 aliphatic heterocycles. The molecule has 0 fully saturated rings. The van der Waals surface area contributed by atoms with E-state index < -0.39 is 0 Å². The van der Waals surface area contributed by atoms with Gasteiger partial charge >= 0.3 is 0 Å². The van der Waals surface area contributed by atoms with E-state index >= 15 is 0 Å². The molecule has 0 spiro atoms. The third-order valence-corrected chi connectivity index (χ3v) is 4.77. The lowest BCUT2D eigenvalue weighted by Crippen LogP contribution is -2.41. The van der Waals surface area contributed by atoms with Gasteiger partial charge in [0.05, 0.1) is 6.04 Å². The summed E-state index contributed by atoms with van der Waals surface area (Å²) in [6.07, 6.45) is 1.92. The first-order valence-corrected chi connectivity index (χ1v) is 9.03. The minimum absolute atomic E-state index is 0.0166. The molecule has 1 aliphatic rings. The number of nitrogens with one attached hydrogen (secondary N) is 1. The van der Waals surface area contributed by atoms with Crippen molar-refractivity contribution in [3.8, 4) is 5.75 Å². The second kappa shape index (κ2) is 7.09. The molecule has 2 aromatic rings. The second-order valence-electron chi connectivity index (χ2n) is 7.35. The Morgan fingerprint density at radius 1 is 1.24 bits per heavy atom. The predicted molar refractivity (Wildman–Crippen MR) is 101 cm³/mol. The highest BCUT2D eigenvalue weighted by molar-refractivity contribution is 6.30. The summed E-state index contributed by atoms with van der Waals surface area (Å²) in [7, 11) is 0. The van der Waals surface area contributed by atoms with Crippen LogP contribution in [-0.4, -0.2) is 11.5 Å². The molecule has 25 heavy (non-hydrogen) atoms. The number of aryl methyl sites for hydroxylation is 2. The van der Waals surface area contributed by atoms with Gasteiger partial charge in [0.15, 0.2) is 0 Å². The Morgan fingerprint density at radius 2 is 1.96 bits per heavy atom. The molecular formula is C21H24ClNO2. The van der Waals surface area contributed by atoms with Crippen molar-refractivity contribution < 1.29 is 9.53 Å². The van der Waals surface area contributed by atoms with E-state index in [1.54, 1.807) is 0 Å². The zero-order valence-electron chi connectivity index (χ0n) is 14.9. The van der Waals surface area contributed by atoms with Gasteiger partial charge in [0.2, 0.25) is 5.91 Å². The molecule has 0 bridgehead atoms. The summed E-state index contributed by atoms with van der Waals surface area (Å²) in [6.45, 7) is 6.17. The van der Waals surface area contributed by atoms with E-state index in [2.05, 4.69) is 31.3 Å². The Labute approximate surface area is 154 Å². The summed E-state index contributed by atoms with van der Waals surface area (Å²) in [5.74, 6) is 0.934. The molecule has 1 atom stereocenters. The van der Waals surface area contributed by atoms with Gasteiger partial charge in [0, 0.05) is 23.4 Å². The lowest BCUT2D eigenvalue weighted by Gasteiger charge is -2.38. The molecule has 1 N–H and O–H groups in total. The largest absolute Gasteiger partial charge is 0.487 e. The molecule has 0 radical (unpaired) electrons. The Bertz CT molecular complexity index is 768. The lowest BCUT2D eigenvalue weighted by atomic mass is 9.89. The van der Waals surface area contributed by atoms with E-state index in [0.29, 0.717) is 17.9 Å². The van der Waals surface area contributed by atoms with Crippen molar-refractivity contribution in [1.29, 1.82) is 0 Å². The Kier molecular flexibility index (Phi) is 5.05. The number of carbonyl (C=O) groups excluding carboxylic acids is 1. The molecule has 4 heteroatoms. The minimum Gasteiger partial charge on any atom is -0.487 e. The van der Waals surface area contributed by atoms with Crippen molar-refractivity contribution in [2.45, 2.75) is 51.7 Å². The molecule has 3 nitrogen and oxygen atoms in total. The van der Waals surface area contributed by atoms with Gasteiger partial charge in [-0.15, -0.1) is 0 Å². The summed E-state index contributed by atoms with van der Waals surface area (Å²) < 4.78 is 6.09. The van der Waals surface area contributed by atoms with Crippen molar-refractivity contribution in [1.82, 2.24) is 5.32 Å². The SMILES string of the molecule is Cc1ccc2c(c1)OC(C)(C)CC2NC(=O)CCc1ccc(Cl)cc1. The summed E-state index contributed by atoms with van der Waals surface area (Å²) in [6, 6.07) is 13.8. The first-order valence-electron chi connectivity index (χ1n) is 8.66. The molecule has 1 heterocycles. The summed E-state index contributed by atoms with van der Waals surface area (Å²) in [4.78, 5) is 12.5. The first kappa shape index (κ1) is 17.8. The van der Waals surface area contributed by atoms with Gasteiger partial charge < -0.3 is 10.1 Å². The van der Waals surface area contributed by atoms with Gasteiger partial charge in [-0.1, -0.05) is 35.9 Å². The zero-order valence-corrected chi connectivity index (χ0v) is 15.7. The Hall–Kier alpha value is -2.00. The number of hydrogen-bond donors (Lipinski definition) is 1. The number of benzene rings is 2. The van der Waals surface area contributed by atoms with Gasteiger partial charge in [-0.25, -0.2) is 0 Å². The van der Waals surface area contributed by atoms with Gasteiger partial charge in [0.25, 0.3) is 0 Å². The van der Waals surface area contributed by atoms with E-state index in [9.17, 15) is 4.79 Å². The highest BCUT2D eigenvalue weighted by Crippen LogP contribution is 2.39. The fraction of sp³-hybridized carbons (Fsp3) is 0.381. The summed E-state index contributed by atoms with van der Waals surface area (Å²) >= 11 is 5.90. The number of fused-ring (bicyclic) bond motifs is 1. The predicted octanol–water partition coefficient (Wildman–Crippen LogP) is 5.00. The van der Waals surface area contributed by atoms with Gasteiger partial charge in [-0.3, -0.25) is 4.79 Å². The highest BCUT2D eigenvalue weighted by Gasteiger charge is 2.34. The zero-order chi connectivity index (χ0) is 18.0. The van der Waals surface area contributed by atoms with Crippen LogP contribution in [0.1, 0.15) is 49.4 Å². The average molecular weight is 358 g/mol. The van der Waals surface area contributed by atoms with E-state index in [0.717, 1.165) is 28.9 Å². The Morgan fingerprint density at radius 3 is 2.68 bits per heavy atom. The normalized spacial score (nSPS) is 18.2. The highest BCUT2D eigenvalue weighted by atomic mass is 35.5. The maximum atomic E-state index is 12.5. The summed E-state index contributed by atoms with van der Waals surface area (Å²) in [5, 5.41) is 3.90. The number of ether oxygens (including phenoxy) is 1. The maximum absolute atomic E-state index is 12.5. The van der Waals surface area contributed by atoms with E-state index in [-0.39, 0.29) is 17.6 Å². The van der Waals surface area contributed by atoms with Crippen LogP contribution in [0.2, 0.25) is 5.02 Å². The van der Waals surface area contributed by atoms with Crippen molar-refractivity contribution >= 4 is 17.5 Å². The standard InChI is InChI=1S/C21H24ClNO2/c1-14-4-10-17-18(13-21(2,3)25-19(17)12-14)23-20(24)11-7-15-5-8-16(22)9-6-15/h4-6,8-10,12,18H,7,11,13H2,1-3H3,(H,23,24). The van der Waals surface area contributed by atoms with E-state index in [4.69, 9.17) is 16.3 Å². The van der Waals surface area contributed by atoms with Crippen molar-refractivity contribution in [3.63, 3.8) is 0 Å². The number of halogens is 1. The topological polar surface area (TPSA) is 38.3 Å². The van der Waals surface area contributed by atoms with Crippen molar-refractivity contribution in [2.75, 3.05) is 0 Å². The second-order valence-corrected chi connectivity index (χ2v) is 7.79. The van der Waals surface area contributed by atoms with Crippen molar-refractivity contribution in [3.05, 3.63) is 64.2 Å². The van der Waals surface area contributed by atoms with Crippen LogP contribution >= 0.6 is 11.6 Å². The molecule has 132 valence electrons. The Balaban J connectivity index is 1.67. The van der Waals surface area contributed by atoms with Gasteiger partial charge in [0.1, 0.15) is 11.4 Å². The number of carbonyl (C=O) groups is 1. The van der Waals surface area contributed by atoms with Crippen LogP contribution in [0, 0.1) is 6.92 Å². The van der Waals surface area contributed by atoms with Gasteiger partial charge in [-0.2, -0.15) is 0 Å². The first-order chi connectivity index (χ1) is 11.8. The smallest absolute Gasteiger partial charge is 0.220 e. The van der Waals surface area contributed by atoms with Gasteiger partial charge in [-0.05, 0) is 56.5 Å². The number of rotatable bonds is 4. The molecule has 0 saturated heterocycles. The third-order valence-electron chi connectivity index (χ3n) is 4.52. The molecule has 3 rings (SSSR count). The maximum Gasteiger partial charge on any atom is 0.220 e. The fourth-order valence-electron chi connectivity index (χ4n) is 3.26. The number of amides is 1. The molecule has 2 aromatic carbocycles. The quantitative estimate of drug-likeness (QED) is 0.836. The van der Waals surface area contributed by atoms with E-state index in [1.807, 2.05) is 37.3 Å². The molecular weight excluding hydrogens is 334 g/mol. The van der Waals surface area contributed by atoms with Crippen LogP contribution < -0.4 is 10.1 Å². The molecule has 0 aromatic heterocycles. The van der Waals surface area contributed by atoms with Crippen LogP contribution in [-0.2, 0) is 11.2 Å². The van der Waals surface area contributed by atoms with Crippen LogP contribution in [0.15, 0.2) is 42.5 Å². The summed E-state index contributed by atoms with van der Waals surface area (Å²) in [5.41, 5.74) is 3.03. The van der Waals surface area contributed by atoms with E-state index in [1.165, 1.54) is 0 Å². The monoisotopic (exact) mass is 357 g/mol. The molecule has 0 saturated carbocycles. The van der Waals surface area contributed by atoms with Crippen LogP contribution in [0.4, 0.5) is 0 Å². The number of hydrogen-bond acceptors (Lipinski definition) is 2. The average Bonchev–Trinajstić information content (AvgIpc) is 2.52. The van der Waals surface area contributed by atoms with Crippen LogP contribution in [0.5, 0.6) is 5.75 Å².